The molecule has 2 rings (SSSR count). The number of rotatable bonds is 7. The smallest absolute Gasteiger partial charge is 0.120 e. The maximum absolute atomic E-state index is 6.15. The predicted molar refractivity (Wildman–Crippen MR) is 93.8 cm³/mol. The number of hydrogen-bond acceptors (Lipinski definition) is 2. The van der Waals surface area contributed by atoms with Crippen molar-refractivity contribution in [3.05, 3.63) is 63.6 Å². The van der Waals surface area contributed by atoms with E-state index in [2.05, 4.69) is 31.3 Å². The van der Waals surface area contributed by atoms with Crippen molar-refractivity contribution in [2.24, 2.45) is 5.92 Å². The lowest BCUT2D eigenvalue weighted by molar-refractivity contribution is 0.306. The molecule has 0 spiro atoms. The Morgan fingerprint density at radius 1 is 1.09 bits per heavy atom. The molecule has 1 N–H and O–H groups in total. The van der Waals surface area contributed by atoms with E-state index < -0.39 is 0 Å². The summed E-state index contributed by atoms with van der Waals surface area (Å²) >= 11 is 12.0. The van der Waals surface area contributed by atoms with Gasteiger partial charge in [0.05, 0.1) is 0 Å². The SMILES string of the molecule is CC(C)CNCc1cccc(OCc2ccc(Cl)cc2Cl)c1. The molecule has 0 aliphatic carbocycles. The van der Waals surface area contributed by atoms with Crippen molar-refractivity contribution in [2.45, 2.75) is 27.0 Å². The Balaban J connectivity index is 1.92. The van der Waals surface area contributed by atoms with E-state index in [1.54, 1.807) is 6.07 Å². The fourth-order valence-corrected chi connectivity index (χ4v) is 2.51. The van der Waals surface area contributed by atoms with Gasteiger partial charge in [-0.2, -0.15) is 0 Å². The number of ether oxygens (including phenoxy) is 1. The summed E-state index contributed by atoms with van der Waals surface area (Å²) in [4.78, 5) is 0. The Kier molecular flexibility index (Phi) is 6.56. The number of hydrogen-bond donors (Lipinski definition) is 1. The van der Waals surface area contributed by atoms with Gasteiger partial charge in [0, 0.05) is 22.2 Å². The van der Waals surface area contributed by atoms with Crippen molar-refractivity contribution in [3.8, 4) is 5.75 Å². The van der Waals surface area contributed by atoms with Crippen LogP contribution in [0.1, 0.15) is 25.0 Å². The van der Waals surface area contributed by atoms with Crippen LogP contribution in [-0.4, -0.2) is 6.54 Å². The lowest BCUT2D eigenvalue weighted by atomic mass is 10.2. The van der Waals surface area contributed by atoms with Gasteiger partial charge in [-0.15, -0.1) is 0 Å². The second kappa shape index (κ2) is 8.42. The van der Waals surface area contributed by atoms with Crippen molar-refractivity contribution in [1.29, 1.82) is 0 Å². The number of benzene rings is 2. The highest BCUT2D eigenvalue weighted by molar-refractivity contribution is 6.35. The summed E-state index contributed by atoms with van der Waals surface area (Å²) in [7, 11) is 0. The van der Waals surface area contributed by atoms with Crippen LogP contribution >= 0.6 is 23.2 Å². The Morgan fingerprint density at radius 3 is 2.64 bits per heavy atom. The molecular weight excluding hydrogens is 317 g/mol. The Morgan fingerprint density at radius 2 is 1.91 bits per heavy atom. The van der Waals surface area contributed by atoms with Gasteiger partial charge in [0.1, 0.15) is 12.4 Å². The minimum Gasteiger partial charge on any atom is -0.489 e. The van der Waals surface area contributed by atoms with Crippen LogP contribution in [0, 0.1) is 5.92 Å². The first kappa shape index (κ1) is 17.1. The number of nitrogens with one attached hydrogen (secondary N) is 1. The van der Waals surface area contributed by atoms with Gasteiger partial charge in [0.15, 0.2) is 0 Å². The molecule has 0 aliphatic rings. The van der Waals surface area contributed by atoms with E-state index in [1.807, 2.05) is 24.3 Å². The summed E-state index contributed by atoms with van der Waals surface area (Å²) in [5, 5.41) is 4.68. The van der Waals surface area contributed by atoms with Crippen LogP contribution in [-0.2, 0) is 13.2 Å². The third-order valence-electron chi connectivity index (χ3n) is 3.19. The molecule has 4 heteroatoms. The van der Waals surface area contributed by atoms with Gasteiger partial charge in [0.25, 0.3) is 0 Å². The zero-order chi connectivity index (χ0) is 15.9. The normalized spacial score (nSPS) is 11.0. The van der Waals surface area contributed by atoms with E-state index >= 15 is 0 Å². The third kappa shape index (κ3) is 5.53. The van der Waals surface area contributed by atoms with Gasteiger partial charge in [-0.25, -0.2) is 0 Å². The van der Waals surface area contributed by atoms with Gasteiger partial charge < -0.3 is 10.1 Å². The van der Waals surface area contributed by atoms with Gasteiger partial charge in [-0.05, 0) is 42.3 Å². The molecule has 0 bridgehead atoms. The van der Waals surface area contributed by atoms with Crippen molar-refractivity contribution in [2.75, 3.05) is 6.54 Å². The third-order valence-corrected chi connectivity index (χ3v) is 3.78. The average molecular weight is 338 g/mol. The van der Waals surface area contributed by atoms with Crippen molar-refractivity contribution < 1.29 is 4.74 Å². The Hall–Kier alpha value is -1.22. The fraction of sp³-hybridized carbons (Fsp3) is 0.333. The monoisotopic (exact) mass is 337 g/mol. The highest BCUT2D eigenvalue weighted by Gasteiger charge is 2.03. The summed E-state index contributed by atoms with van der Waals surface area (Å²) in [6.45, 7) is 6.67. The maximum atomic E-state index is 6.15. The molecule has 2 aromatic rings. The number of halogens is 2. The molecule has 0 saturated carbocycles. The molecular formula is C18H21Cl2NO. The fourth-order valence-electron chi connectivity index (χ4n) is 2.05. The molecule has 2 nitrogen and oxygen atoms in total. The Bertz CT molecular complexity index is 614. The second-order valence-electron chi connectivity index (χ2n) is 5.70. The maximum Gasteiger partial charge on any atom is 0.120 e. The minimum absolute atomic E-state index is 0.429. The van der Waals surface area contributed by atoms with E-state index in [0.29, 0.717) is 22.6 Å². The van der Waals surface area contributed by atoms with Gasteiger partial charge in [0.2, 0.25) is 0 Å². The van der Waals surface area contributed by atoms with Gasteiger partial charge in [-0.3, -0.25) is 0 Å². The summed E-state index contributed by atoms with van der Waals surface area (Å²) in [5.41, 5.74) is 2.13. The van der Waals surface area contributed by atoms with Crippen LogP contribution in [0.3, 0.4) is 0 Å². The van der Waals surface area contributed by atoms with Crippen LogP contribution < -0.4 is 10.1 Å². The van der Waals surface area contributed by atoms with E-state index in [0.717, 1.165) is 24.4 Å². The summed E-state index contributed by atoms with van der Waals surface area (Å²) < 4.78 is 5.83. The minimum atomic E-state index is 0.429. The standard InChI is InChI=1S/C18H21Cl2NO/c1-13(2)10-21-11-14-4-3-5-17(8-14)22-12-15-6-7-16(19)9-18(15)20/h3-9,13,21H,10-12H2,1-2H3. The lowest BCUT2D eigenvalue weighted by Crippen LogP contribution is -2.18. The van der Waals surface area contributed by atoms with Crippen LogP contribution in [0.5, 0.6) is 5.75 Å². The molecule has 2 aromatic carbocycles. The van der Waals surface area contributed by atoms with Gasteiger partial charge in [-0.1, -0.05) is 55.2 Å². The molecule has 0 radical (unpaired) electrons. The first-order valence-corrected chi connectivity index (χ1v) is 8.16. The molecule has 118 valence electrons. The summed E-state index contributed by atoms with van der Waals surface area (Å²) in [6, 6.07) is 13.5. The van der Waals surface area contributed by atoms with E-state index in [1.165, 1.54) is 5.56 Å². The highest BCUT2D eigenvalue weighted by Crippen LogP contribution is 2.23. The first-order chi connectivity index (χ1) is 10.5. The van der Waals surface area contributed by atoms with Gasteiger partial charge >= 0.3 is 0 Å². The largest absolute Gasteiger partial charge is 0.489 e. The van der Waals surface area contributed by atoms with Crippen molar-refractivity contribution in [1.82, 2.24) is 5.32 Å². The first-order valence-electron chi connectivity index (χ1n) is 7.41. The van der Waals surface area contributed by atoms with E-state index in [-0.39, 0.29) is 0 Å². The molecule has 0 atom stereocenters. The van der Waals surface area contributed by atoms with Crippen LogP contribution in [0.4, 0.5) is 0 Å². The van der Waals surface area contributed by atoms with Crippen LogP contribution in [0.25, 0.3) is 0 Å². The zero-order valence-corrected chi connectivity index (χ0v) is 14.4. The van der Waals surface area contributed by atoms with E-state index in [9.17, 15) is 0 Å². The molecule has 0 aliphatic heterocycles. The molecule has 0 fully saturated rings. The molecule has 0 saturated heterocycles. The molecule has 0 heterocycles. The zero-order valence-electron chi connectivity index (χ0n) is 12.9. The molecule has 0 aromatic heterocycles. The predicted octanol–water partition coefficient (Wildman–Crippen LogP) is 5.32. The highest BCUT2D eigenvalue weighted by atomic mass is 35.5. The van der Waals surface area contributed by atoms with Crippen molar-refractivity contribution >= 4 is 23.2 Å². The van der Waals surface area contributed by atoms with E-state index in [4.69, 9.17) is 27.9 Å². The average Bonchev–Trinajstić information content (AvgIpc) is 2.46. The summed E-state index contributed by atoms with van der Waals surface area (Å²) in [6.07, 6.45) is 0. The topological polar surface area (TPSA) is 21.3 Å². The van der Waals surface area contributed by atoms with Crippen molar-refractivity contribution in [3.63, 3.8) is 0 Å². The van der Waals surface area contributed by atoms with Crippen LogP contribution in [0.15, 0.2) is 42.5 Å². The molecule has 22 heavy (non-hydrogen) atoms. The quantitative estimate of drug-likeness (QED) is 0.738. The second-order valence-corrected chi connectivity index (χ2v) is 6.54. The van der Waals surface area contributed by atoms with Crippen LogP contribution in [0.2, 0.25) is 10.0 Å². The summed E-state index contributed by atoms with van der Waals surface area (Å²) in [5.74, 6) is 1.49. The molecule has 0 unspecified atom stereocenters. The Labute approximate surface area is 142 Å². The molecule has 0 amide bonds. The lowest BCUT2D eigenvalue weighted by Gasteiger charge is -2.11.